The van der Waals surface area contributed by atoms with Crippen LogP contribution in [0.2, 0.25) is 0 Å². The molecule has 1 heterocycles. The second-order valence-corrected chi connectivity index (χ2v) is 5.65. The molecule has 1 aromatic heterocycles. The van der Waals surface area contributed by atoms with Crippen LogP contribution in [0.25, 0.3) is 0 Å². The van der Waals surface area contributed by atoms with E-state index in [1.54, 1.807) is 60.8 Å². The van der Waals surface area contributed by atoms with Gasteiger partial charge in [0.05, 0.1) is 11.1 Å². The molecule has 3 aromatic rings. The van der Waals surface area contributed by atoms with Gasteiger partial charge in [-0.1, -0.05) is 0 Å². The summed E-state index contributed by atoms with van der Waals surface area (Å²) < 4.78 is 5.76. The smallest absolute Gasteiger partial charge is 0.257 e. The van der Waals surface area contributed by atoms with Crippen molar-refractivity contribution in [3.63, 3.8) is 0 Å². The highest BCUT2D eigenvalue weighted by Crippen LogP contribution is 2.26. The molecule has 2 amide bonds. The fraction of sp³-hybridized carbons (Fsp3) is 0.0500. The Hall–Kier alpha value is -3.87. The van der Waals surface area contributed by atoms with Gasteiger partial charge in [-0.3, -0.25) is 14.6 Å². The molecule has 3 rings (SSSR count). The van der Waals surface area contributed by atoms with Crippen LogP contribution in [0.3, 0.4) is 0 Å². The quantitative estimate of drug-likeness (QED) is 0.605. The van der Waals surface area contributed by atoms with E-state index in [1.807, 2.05) is 0 Å². The molecule has 0 bridgehead atoms. The third-order valence-electron chi connectivity index (χ3n) is 3.77. The van der Waals surface area contributed by atoms with Gasteiger partial charge in [-0.25, -0.2) is 0 Å². The standard InChI is InChI=1S/C20H18N4O3/c1-22-20(26)17-11-16(8-9-18(17)21)27-15-6-4-14(5-7-15)24-19(25)13-3-2-10-23-12-13/h2-12H,21H2,1H3,(H,22,26)(H,24,25). The van der Waals surface area contributed by atoms with E-state index in [0.29, 0.717) is 34.0 Å². The number of rotatable bonds is 5. The number of pyridine rings is 1. The average molecular weight is 362 g/mol. The first-order chi connectivity index (χ1) is 13.1. The number of nitrogen functional groups attached to an aromatic ring is 1. The number of hydrogen-bond acceptors (Lipinski definition) is 5. The summed E-state index contributed by atoms with van der Waals surface area (Å²) in [5, 5.41) is 5.32. The Balaban J connectivity index is 1.69. The first-order valence-corrected chi connectivity index (χ1v) is 8.17. The van der Waals surface area contributed by atoms with Crippen LogP contribution in [0, 0.1) is 0 Å². The molecule has 0 spiro atoms. The molecule has 2 aromatic carbocycles. The normalized spacial score (nSPS) is 10.1. The molecule has 0 aliphatic rings. The maximum Gasteiger partial charge on any atom is 0.257 e. The number of carbonyl (C=O) groups excluding carboxylic acids is 2. The van der Waals surface area contributed by atoms with E-state index in [9.17, 15) is 9.59 Å². The van der Waals surface area contributed by atoms with Crippen LogP contribution in [-0.4, -0.2) is 23.8 Å². The summed E-state index contributed by atoms with van der Waals surface area (Å²) in [7, 11) is 1.54. The van der Waals surface area contributed by atoms with E-state index in [4.69, 9.17) is 10.5 Å². The maximum absolute atomic E-state index is 12.1. The third-order valence-corrected chi connectivity index (χ3v) is 3.77. The van der Waals surface area contributed by atoms with Gasteiger partial charge in [0.25, 0.3) is 11.8 Å². The Kier molecular flexibility index (Phi) is 5.32. The highest BCUT2D eigenvalue weighted by atomic mass is 16.5. The van der Waals surface area contributed by atoms with Gasteiger partial charge in [0, 0.05) is 30.8 Å². The van der Waals surface area contributed by atoms with E-state index in [-0.39, 0.29) is 11.8 Å². The molecule has 0 saturated carbocycles. The molecule has 7 heteroatoms. The van der Waals surface area contributed by atoms with Gasteiger partial charge in [0.1, 0.15) is 11.5 Å². The molecule has 0 unspecified atom stereocenters. The lowest BCUT2D eigenvalue weighted by Crippen LogP contribution is -2.19. The van der Waals surface area contributed by atoms with E-state index >= 15 is 0 Å². The van der Waals surface area contributed by atoms with Crippen molar-refractivity contribution in [2.45, 2.75) is 0 Å². The lowest BCUT2D eigenvalue weighted by Gasteiger charge is -2.10. The van der Waals surface area contributed by atoms with Crippen molar-refractivity contribution in [2.24, 2.45) is 0 Å². The van der Waals surface area contributed by atoms with E-state index in [1.165, 1.54) is 13.2 Å². The van der Waals surface area contributed by atoms with Gasteiger partial charge in [-0.15, -0.1) is 0 Å². The number of carbonyl (C=O) groups is 2. The van der Waals surface area contributed by atoms with E-state index < -0.39 is 0 Å². The number of nitrogens with two attached hydrogens (primary N) is 1. The van der Waals surface area contributed by atoms with Crippen LogP contribution >= 0.6 is 0 Å². The fourth-order valence-corrected chi connectivity index (χ4v) is 2.37. The molecule has 0 aliphatic carbocycles. The second-order valence-electron chi connectivity index (χ2n) is 5.65. The van der Waals surface area contributed by atoms with Crippen molar-refractivity contribution in [3.05, 3.63) is 78.1 Å². The predicted molar refractivity (Wildman–Crippen MR) is 103 cm³/mol. The van der Waals surface area contributed by atoms with Crippen molar-refractivity contribution >= 4 is 23.2 Å². The molecule has 136 valence electrons. The Labute approximate surface area is 156 Å². The van der Waals surface area contributed by atoms with Gasteiger partial charge in [0.15, 0.2) is 0 Å². The predicted octanol–water partition coefficient (Wildman–Crippen LogP) is 3.07. The first kappa shape index (κ1) is 17.9. The molecular weight excluding hydrogens is 344 g/mol. The lowest BCUT2D eigenvalue weighted by atomic mass is 10.1. The summed E-state index contributed by atoms with van der Waals surface area (Å²) in [4.78, 5) is 27.9. The highest BCUT2D eigenvalue weighted by Gasteiger charge is 2.10. The van der Waals surface area contributed by atoms with Crippen molar-refractivity contribution < 1.29 is 14.3 Å². The van der Waals surface area contributed by atoms with Crippen molar-refractivity contribution in [1.29, 1.82) is 0 Å². The number of benzene rings is 2. The molecule has 0 atom stereocenters. The van der Waals surface area contributed by atoms with Gasteiger partial charge in [-0.05, 0) is 54.6 Å². The molecule has 7 nitrogen and oxygen atoms in total. The Bertz CT molecular complexity index is 957. The molecule has 0 aliphatic heterocycles. The van der Waals surface area contributed by atoms with Crippen LogP contribution in [0.4, 0.5) is 11.4 Å². The fourth-order valence-electron chi connectivity index (χ4n) is 2.37. The summed E-state index contributed by atoms with van der Waals surface area (Å²) >= 11 is 0. The number of anilines is 2. The number of amides is 2. The number of ether oxygens (including phenoxy) is 1. The number of aromatic nitrogens is 1. The number of nitrogens with one attached hydrogen (secondary N) is 2. The minimum absolute atomic E-state index is 0.245. The zero-order valence-electron chi connectivity index (χ0n) is 14.6. The maximum atomic E-state index is 12.1. The first-order valence-electron chi connectivity index (χ1n) is 8.17. The summed E-state index contributed by atoms with van der Waals surface area (Å²) in [6.07, 6.45) is 3.10. The topological polar surface area (TPSA) is 106 Å². The molecule has 4 N–H and O–H groups in total. The Morgan fingerprint density at radius 1 is 1.00 bits per heavy atom. The monoisotopic (exact) mass is 362 g/mol. The molecule has 27 heavy (non-hydrogen) atoms. The Morgan fingerprint density at radius 3 is 2.41 bits per heavy atom. The van der Waals surface area contributed by atoms with E-state index in [0.717, 1.165) is 0 Å². The van der Waals surface area contributed by atoms with Gasteiger partial charge in [-0.2, -0.15) is 0 Å². The molecular formula is C20H18N4O3. The zero-order valence-corrected chi connectivity index (χ0v) is 14.6. The van der Waals surface area contributed by atoms with Crippen molar-refractivity contribution in [2.75, 3.05) is 18.1 Å². The zero-order chi connectivity index (χ0) is 19.2. The van der Waals surface area contributed by atoms with Crippen LogP contribution in [0.5, 0.6) is 11.5 Å². The van der Waals surface area contributed by atoms with Crippen LogP contribution < -0.4 is 21.1 Å². The van der Waals surface area contributed by atoms with Crippen molar-refractivity contribution in [1.82, 2.24) is 10.3 Å². The van der Waals surface area contributed by atoms with Crippen molar-refractivity contribution in [3.8, 4) is 11.5 Å². The second kappa shape index (κ2) is 8.01. The largest absolute Gasteiger partial charge is 0.457 e. The third kappa shape index (κ3) is 4.40. The van der Waals surface area contributed by atoms with E-state index in [2.05, 4.69) is 15.6 Å². The van der Waals surface area contributed by atoms with Gasteiger partial charge in [0.2, 0.25) is 0 Å². The number of hydrogen-bond donors (Lipinski definition) is 3. The molecule has 0 radical (unpaired) electrons. The average Bonchev–Trinajstić information content (AvgIpc) is 2.71. The van der Waals surface area contributed by atoms with Gasteiger partial charge >= 0.3 is 0 Å². The minimum atomic E-state index is -0.286. The van der Waals surface area contributed by atoms with Crippen LogP contribution in [-0.2, 0) is 0 Å². The molecule has 0 saturated heterocycles. The Morgan fingerprint density at radius 2 is 1.74 bits per heavy atom. The summed E-state index contributed by atoms with van der Waals surface area (Å²) in [5.41, 5.74) is 7.62. The lowest BCUT2D eigenvalue weighted by molar-refractivity contribution is 0.0962. The summed E-state index contributed by atoms with van der Waals surface area (Å²) in [6.45, 7) is 0. The highest BCUT2D eigenvalue weighted by molar-refractivity contribution is 6.04. The molecule has 0 fully saturated rings. The van der Waals surface area contributed by atoms with Gasteiger partial charge < -0.3 is 21.1 Å². The summed E-state index contributed by atoms with van der Waals surface area (Å²) in [6, 6.07) is 15.1. The minimum Gasteiger partial charge on any atom is -0.457 e. The number of nitrogens with zero attached hydrogens (tertiary/aromatic N) is 1. The summed E-state index contributed by atoms with van der Waals surface area (Å²) in [5.74, 6) is 0.508. The SMILES string of the molecule is CNC(=O)c1cc(Oc2ccc(NC(=O)c3cccnc3)cc2)ccc1N. The van der Waals surface area contributed by atoms with Crippen LogP contribution in [0.1, 0.15) is 20.7 Å². The van der Waals surface area contributed by atoms with Crippen LogP contribution in [0.15, 0.2) is 67.0 Å².